The van der Waals surface area contributed by atoms with E-state index in [0.29, 0.717) is 13.0 Å². The van der Waals surface area contributed by atoms with E-state index in [0.717, 1.165) is 12.3 Å². The second kappa shape index (κ2) is 6.86. The number of nitrogens with one attached hydrogen (secondary N) is 1. The Bertz CT molecular complexity index is 284. The molecule has 2 N–H and O–H groups in total. The van der Waals surface area contributed by atoms with E-state index in [4.69, 9.17) is 5.11 Å². The Morgan fingerprint density at radius 3 is 2.76 bits per heavy atom. The first-order valence-electron chi connectivity index (χ1n) is 5.86. The lowest BCUT2D eigenvalue weighted by atomic mass is 10.1. The quantitative estimate of drug-likeness (QED) is 0.737. The molecule has 6 heteroatoms. The molecule has 1 rings (SSSR count). The van der Waals surface area contributed by atoms with Crippen molar-refractivity contribution in [1.29, 1.82) is 0 Å². The number of carbonyl (C=O) groups is 2. The van der Waals surface area contributed by atoms with E-state index in [2.05, 4.69) is 5.32 Å². The van der Waals surface area contributed by atoms with E-state index in [1.54, 1.807) is 4.90 Å². The maximum atomic E-state index is 11.6. The SMILES string of the molecule is CC(C)[C@@H](CO)NC(=O)CCN1CCSC1=O. The number of carbonyl (C=O) groups excluding carboxylic acids is 2. The van der Waals surface area contributed by atoms with E-state index in [-0.39, 0.29) is 29.7 Å². The predicted molar refractivity (Wildman–Crippen MR) is 67.9 cm³/mol. The van der Waals surface area contributed by atoms with Crippen LogP contribution in [0, 0.1) is 5.92 Å². The Kier molecular flexibility index (Phi) is 5.77. The van der Waals surface area contributed by atoms with Crippen LogP contribution in [0.3, 0.4) is 0 Å². The molecule has 17 heavy (non-hydrogen) atoms. The fraction of sp³-hybridized carbons (Fsp3) is 0.818. The summed E-state index contributed by atoms with van der Waals surface area (Å²) in [6.45, 7) is 5.03. The van der Waals surface area contributed by atoms with Crippen LogP contribution in [0.5, 0.6) is 0 Å². The molecule has 1 saturated heterocycles. The van der Waals surface area contributed by atoms with Crippen molar-refractivity contribution in [2.24, 2.45) is 5.92 Å². The van der Waals surface area contributed by atoms with Crippen LogP contribution in [-0.4, -0.2) is 52.6 Å². The van der Waals surface area contributed by atoms with E-state index in [9.17, 15) is 9.59 Å². The largest absolute Gasteiger partial charge is 0.394 e. The number of aliphatic hydroxyl groups is 1. The van der Waals surface area contributed by atoms with Crippen molar-refractivity contribution < 1.29 is 14.7 Å². The Balaban J connectivity index is 2.27. The Morgan fingerprint density at radius 1 is 1.59 bits per heavy atom. The maximum absolute atomic E-state index is 11.6. The van der Waals surface area contributed by atoms with Gasteiger partial charge in [-0.05, 0) is 5.92 Å². The Morgan fingerprint density at radius 2 is 2.29 bits per heavy atom. The van der Waals surface area contributed by atoms with E-state index in [1.165, 1.54) is 11.8 Å². The first-order valence-corrected chi connectivity index (χ1v) is 6.85. The molecule has 1 aliphatic heterocycles. The highest BCUT2D eigenvalue weighted by Gasteiger charge is 2.22. The minimum atomic E-state index is -0.203. The molecule has 98 valence electrons. The molecule has 5 nitrogen and oxygen atoms in total. The fourth-order valence-corrected chi connectivity index (χ4v) is 2.42. The van der Waals surface area contributed by atoms with Crippen LogP contribution in [0.2, 0.25) is 0 Å². The van der Waals surface area contributed by atoms with Crippen molar-refractivity contribution in [3.05, 3.63) is 0 Å². The molecule has 1 heterocycles. The van der Waals surface area contributed by atoms with Crippen molar-refractivity contribution in [3.8, 4) is 0 Å². The third kappa shape index (κ3) is 4.55. The summed E-state index contributed by atoms with van der Waals surface area (Å²) in [5.41, 5.74) is 0. The van der Waals surface area contributed by atoms with E-state index < -0.39 is 0 Å². The highest BCUT2D eigenvalue weighted by Crippen LogP contribution is 2.17. The molecule has 1 fully saturated rings. The van der Waals surface area contributed by atoms with E-state index in [1.807, 2.05) is 13.8 Å². The van der Waals surface area contributed by atoms with E-state index >= 15 is 0 Å². The van der Waals surface area contributed by atoms with Crippen LogP contribution in [0.1, 0.15) is 20.3 Å². The average molecular weight is 260 g/mol. The van der Waals surface area contributed by atoms with Gasteiger partial charge in [0.1, 0.15) is 0 Å². The number of hydrogen-bond donors (Lipinski definition) is 2. The minimum absolute atomic E-state index is 0.0537. The van der Waals surface area contributed by atoms with Gasteiger partial charge in [0.25, 0.3) is 5.24 Å². The van der Waals surface area contributed by atoms with Crippen molar-refractivity contribution in [2.45, 2.75) is 26.3 Å². The summed E-state index contributed by atoms with van der Waals surface area (Å²) in [6, 6.07) is -0.203. The Hall–Kier alpha value is -0.750. The molecule has 0 aromatic carbocycles. The second-order valence-corrected chi connectivity index (χ2v) is 5.50. The highest BCUT2D eigenvalue weighted by molar-refractivity contribution is 8.13. The first kappa shape index (κ1) is 14.3. The summed E-state index contributed by atoms with van der Waals surface area (Å²) in [4.78, 5) is 24.6. The maximum Gasteiger partial charge on any atom is 0.281 e. The second-order valence-electron chi connectivity index (χ2n) is 4.45. The summed E-state index contributed by atoms with van der Waals surface area (Å²) in [7, 11) is 0. The molecule has 0 spiro atoms. The van der Waals surface area contributed by atoms with Gasteiger partial charge in [-0.25, -0.2) is 0 Å². The number of thioether (sulfide) groups is 1. The van der Waals surface area contributed by atoms with Gasteiger partial charge in [-0.3, -0.25) is 9.59 Å². The average Bonchev–Trinajstić information content (AvgIpc) is 2.68. The molecular formula is C11H20N2O3S. The number of hydrogen-bond acceptors (Lipinski definition) is 4. The summed E-state index contributed by atoms with van der Waals surface area (Å²) < 4.78 is 0. The van der Waals surface area contributed by atoms with Gasteiger partial charge in [0, 0.05) is 25.3 Å². The van der Waals surface area contributed by atoms with Gasteiger partial charge >= 0.3 is 0 Å². The van der Waals surface area contributed by atoms with Crippen LogP contribution >= 0.6 is 11.8 Å². The van der Waals surface area contributed by atoms with Gasteiger partial charge in [-0.2, -0.15) is 0 Å². The molecule has 0 aliphatic carbocycles. The van der Waals surface area contributed by atoms with Crippen LogP contribution in [-0.2, 0) is 4.79 Å². The summed E-state index contributed by atoms with van der Waals surface area (Å²) in [6.07, 6.45) is 0.301. The lowest BCUT2D eigenvalue weighted by molar-refractivity contribution is -0.122. The molecule has 1 atom stereocenters. The number of nitrogens with zero attached hydrogens (tertiary/aromatic N) is 1. The van der Waals surface area contributed by atoms with Gasteiger partial charge in [-0.15, -0.1) is 0 Å². The topological polar surface area (TPSA) is 69.6 Å². The summed E-state index contributed by atoms with van der Waals surface area (Å²) in [5, 5.41) is 11.9. The molecule has 2 amide bonds. The normalized spacial score (nSPS) is 17.6. The summed E-state index contributed by atoms with van der Waals surface area (Å²) >= 11 is 1.30. The molecule has 0 aromatic heterocycles. The van der Waals surface area contributed by atoms with Gasteiger partial charge in [0.05, 0.1) is 12.6 Å². The summed E-state index contributed by atoms with van der Waals surface area (Å²) in [5.74, 6) is 0.904. The first-order chi connectivity index (χ1) is 8.04. The third-order valence-electron chi connectivity index (χ3n) is 2.80. The van der Waals surface area contributed by atoms with Gasteiger partial charge < -0.3 is 15.3 Å². The molecule has 0 radical (unpaired) electrons. The molecule has 1 aliphatic rings. The molecule has 0 bridgehead atoms. The van der Waals surface area contributed by atoms with Gasteiger partial charge in [-0.1, -0.05) is 25.6 Å². The molecule has 0 aromatic rings. The predicted octanol–water partition coefficient (Wildman–Crippen LogP) is 0.678. The van der Waals surface area contributed by atoms with Crippen molar-refractivity contribution >= 4 is 22.9 Å². The van der Waals surface area contributed by atoms with Gasteiger partial charge in [0.2, 0.25) is 5.91 Å². The van der Waals surface area contributed by atoms with Gasteiger partial charge in [0.15, 0.2) is 0 Å². The standard InChI is InChI=1S/C11H20N2O3S/c1-8(2)9(7-14)12-10(15)3-4-13-5-6-17-11(13)16/h8-9,14H,3-7H2,1-2H3,(H,12,15)/t9-/m1/s1. The van der Waals surface area contributed by atoms with Crippen LogP contribution < -0.4 is 5.32 Å². The van der Waals surface area contributed by atoms with Crippen LogP contribution in [0.15, 0.2) is 0 Å². The van der Waals surface area contributed by atoms with Crippen molar-refractivity contribution in [3.63, 3.8) is 0 Å². The van der Waals surface area contributed by atoms with Crippen molar-refractivity contribution in [1.82, 2.24) is 10.2 Å². The van der Waals surface area contributed by atoms with Crippen molar-refractivity contribution in [2.75, 3.05) is 25.4 Å². The molecular weight excluding hydrogens is 240 g/mol. The number of amides is 2. The zero-order chi connectivity index (χ0) is 12.8. The molecule has 0 unspecified atom stereocenters. The lowest BCUT2D eigenvalue weighted by Crippen LogP contribution is -2.42. The van der Waals surface area contributed by atoms with Crippen LogP contribution in [0.4, 0.5) is 4.79 Å². The highest BCUT2D eigenvalue weighted by atomic mass is 32.2. The fourth-order valence-electron chi connectivity index (χ4n) is 1.57. The lowest BCUT2D eigenvalue weighted by Gasteiger charge is -2.21. The Labute approximate surface area is 106 Å². The number of rotatable bonds is 6. The smallest absolute Gasteiger partial charge is 0.281 e. The monoisotopic (exact) mass is 260 g/mol. The zero-order valence-corrected chi connectivity index (χ0v) is 11.1. The molecule has 0 saturated carbocycles. The third-order valence-corrected chi connectivity index (χ3v) is 3.69. The zero-order valence-electron chi connectivity index (χ0n) is 10.3. The van der Waals surface area contributed by atoms with Crippen LogP contribution in [0.25, 0.3) is 0 Å². The minimum Gasteiger partial charge on any atom is -0.394 e. The number of aliphatic hydroxyl groups excluding tert-OH is 1.